The fourth-order valence-corrected chi connectivity index (χ4v) is 5.62. The smallest absolute Gasteiger partial charge is 0.254 e. The van der Waals surface area contributed by atoms with E-state index >= 15 is 0 Å². The maximum absolute atomic E-state index is 13.6. The van der Waals surface area contributed by atoms with Crippen molar-refractivity contribution in [3.8, 4) is 5.75 Å². The third-order valence-electron chi connectivity index (χ3n) is 7.82. The molecule has 0 fully saturated rings. The molecule has 0 saturated carbocycles. The van der Waals surface area contributed by atoms with Crippen LogP contribution in [0.5, 0.6) is 5.75 Å². The van der Waals surface area contributed by atoms with Gasteiger partial charge in [-0.3, -0.25) is 14.4 Å². The summed E-state index contributed by atoms with van der Waals surface area (Å²) in [5, 5.41) is 3.65. The molecule has 0 bridgehead atoms. The monoisotopic (exact) mass is 526 g/mol. The second-order valence-electron chi connectivity index (χ2n) is 10.3. The number of nitrogens with zero attached hydrogens (tertiary/aromatic N) is 3. The first kappa shape index (κ1) is 25.1. The van der Waals surface area contributed by atoms with E-state index in [0.717, 1.165) is 39.8 Å². The molecule has 3 amide bonds. The number of hydrogen-bond acceptors (Lipinski definition) is 6. The van der Waals surface area contributed by atoms with E-state index in [1.165, 1.54) is 12.5 Å². The minimum absolute atomic E-state index is 0.0910. The number of benzene rings is 2. The van der Waals surface area contributed by atoms with Crippen LogP contribution >= 0.6 is 0 Å². The molecule has 1 atom stereocenters. The first-order chi connectivity index (χ1) is 18.8. The minimum Gasteiger partial charge on any atom is -0.491 e. The van der Waals surface area contributed by atoms with Crippen molar-refractivity contribution in [1.82, 2.24) is 14.8 Å². The first-order valence-electron chi connectivity index (χ1n) is 13.1. The zero-order valence-corrected chi connectivity index (χ0v) is 22.2. The van der Waals surface area contributed by atoms with Gasteiger partial charge in [0, 0.05) is 56.1 Å². The molecular formula is C30H30N4O5. The molecule has 0 spiro atoms. The maximum Gasteiger partial charge on any atom is 0.254 e. The van der Waals surface area contributed by atoms with Crippen molar-refractivity contribution in [3.05, 3.63) is 70.3 Å². The van der Waals surface area contributed by atoms with Crippen molar-refractivity contribution in [2.24, 2.45) is 0 Å². The van der Waals surface area contributed by atoms with Crippen LogP contribution in [-0.4, -0.2) is 59.2 Å². The summed E-state index contributed by atoms with van der Waals surface area (Å²) in [6.07, 6.45) is 2.91. The molecule has 1 N–H and O–H groups in total. The van der Waals surface area contributed by atoms with E-state index in [0.29, 0.717) is 49.8 Å². The number of ether oxygens (including phenoxy) is 2. The van der Waals surface area contributed by atoms with Gasteiger partial charge < -0.3 is 24.6 Å². The first-order valence-corrected chi connectivity index (χ1v) is 13.1. The number of pyridine rings is 1. The second kappa shape index (κ2) is 9.81. The highest BCUT2D eigenvalue weighted by atomic mass is 16.5. The molecule has 0 radical (unpaired) electrons. The Morgan fingerprint density at radius 1 is 1.08 bits per heavy atom. The maximum atomic E-state index is 13.6. The fraction of sp³-hybridized carbons (Fsp3) is 0.333. The Bertz CT molecular complexity index is 1560. The second-order valence-corrected chi connectivity index (χ2v) is 10.3. The van der Waals surface area contributed by atoms with Gasteiger partial charge in [-0.2, -0.15) is 0 Å². The third-order valence-corrected chi connectivity index (χ3v) is 7.82. The Morgan fingerprint density at radius 3 is 2.64 bits per heavy atom. The molecule has 39 heavy (non-hydrogen) atoms. The molecule has 0 saturated heterocycles. The van der Waals surface area contributed by atoms with E-state index in [1.807, 2.05) is 29.2 Å². The summed E-state index contributed by atoms with van der Waals surface area (Å²) in [5.41, 5.74) is 6.33. The lowest BCUT2D eigenvalue weighted by atomic mass is 9.96. The van der Waals surface area contributed by atoms with Gasteiger partial charge in [0.2, 0.25) is 11.8 Å². The summed E-state index contributed by atoms with van der Waals surface area (Å²) in [6.45, 7) is 5.54. The van der Waals surface area contributed by atoms with Crippen LogP contribution in [0.3, 0.4) is 0 Å². The number of aromatic nitrogens is 1. The number of anilines is 1. The molecule has 2 aromatic carbocycles. The quantitative estimate of drug-likeness (QED) is 0.550. The average molecular weight is 527 g/mol. The summed E-state index contributed by atoms with van der Waals surface area (Å²) in [7, 11) is 1.80. The molecule has 1 aromatic heterocycles. The SMILES string of the molecule is CC(=O)Nc1nc2ccc(C(=O)N(C)C3COc4cc(C5=CCN(C(C)=O)CC5)ccc43)cc2c2c1COC2. The van der Waals surface area contributed by atoms with Crippen LogP contribution in [0.2, 0.25) is 0 Å². The van der Waals surface area contributed by atoms with Crippen molar-refractivity contribution < 1.29 is 23.9 Å². The molecule has 4 heterocycles. The van der Waals surface area contributed by atoms with Crippen LogP contribution in [0.25, 0.3) is 16.5 Å². The summed E-state index contributed by atoms with van der Waals surface area (Å²) < 4.78 is 11.7. The van der Waals surface area contributed by atoms with E-state index in [2.05, 4.69) is 22.4 Å². The predicted octanol–water partition coefficient (Wildman–Crippen LogP) is 4.06. The molecule has 200 valence electrons. The van der Waals surface area contributed by atoms with Crippen molar-refractivity contribution in [2.45, 2.75) is 39.5 Å². The average Bonchev–Trinajstić information content (AvgIpc) is 3.60. The highest BCUT2D eigenvalue weighted by Gasteiger charge is 2.32. The lowest BCUT2D eigenvalue weighted by Crippen LogP contribution is -2.32. The van der Waals surface area contributed by atoms with E-state index in [1.54, 1.807) is 24.9 Å². The molecule has 3 aliphatic heterocycles. The predicted molar refractivity (Wildman–Crippen MR) is 146 cm³/mol. The fourth-order valence-electron chi connectivity index (χ4n) is 5.62. The highest BCUT2D eigenvalue weighted by molar-refractivity contribution is 6.00. The van der Waals surface area contributed by atoms with Crippen LogP contribution < -0.4 is 10.1 Å². The number of fused-ring (bicyclic) bond motifs is 4. The largest absolute Gasteiger partial charge is 0.491 e. The topological polar surface area (TPSA) is 101 Å². The Morgan fingerprint density at radius 2 is 1.90 bits per heavy atom. The zero-order valence-electron chi connectivity index (χ0n) is 22.2. The van der Waals surface area contributed by atoms with Gasteiger partial charge in [0.1, 0.15) is 18.2 Å². The number of nitrogens with one attached hydrogen (secondary N) is 1. The summed E-state index contributed by atoms with van der Waals surface area (Å²) in [6, 6.07) is 11.4. The van der Waals surface area contributed by atoms with Gasteiger partial charge >= 0.3 is 0 Å². The summed E-state index contributed by atoms with van der Waals surface area (Å²) >= 11 is 0. The van der Waals surface area contributed by atoms with E-state index in [4.69, 9.17) is 9.47 Å². The van der Waals surface area contributed by atoms with Crippen molar-refractivity contribution in [3.63, 3.8) is 0 Å². The number of likely N-dealkylation sites (N-methyl/N-ethyl adjacent to an activating group) is 1. The number of hydrogen-bond donors (Lipinski definition) is 1. The molecule has 9 nitrogen and oxygen atoms in total. The molecule has 1 unspecified atom stereocenters. The van der Waals surface area contributed by atoms with Gasteiger partial charge in [0.25, 0.3) is 5.91 Å². The summed E-state index contributed by atoms with van der Waals surface area (Å²) in [5.74, 6) is 1.09. The highest BCUT2D eigenvalue weighted by Crippen LogP contribution is 2.39. The van der Waals surface area contributed by atoms with Crippen molar-refractivity contribution in [2.75, 3.05) is 32.1 Å². The van der Waals surface area contributed by atoms with E-state index in [9.17, 15) is 14.4 Å². The Kier molecular flexibility index (Phi) is 6.31. The molecule has 3 aromatic rings. The van der Waals surface area contributed by atoms with Gasteiger partial charge in [-0.05, 0) is 47.4 Å². The Labute approximate surface area is 226 Å². The van der Waals surface area contributed by atoms with Gasteiger partial charge in [-0.15, -0.1) is 0 Å². The van der Waals surface area contributed by atoms with Crippen molar-refractivity contribution in [1.29, 1.82) is 0 Å². The number of carbonyl (C=O) groups is 3. The lowest BCUT2D eigenvalue weighted by molar-refractivity contribution is -0.128. The Hall–Kier alpha value is -4.24. The molecule has 0 aliphatic carbocycles. The standard InChI is InChI=1S/C30H30N4O5/c1-17(35)31-29-25-15-38-14-24(25)23-12-21(5-7-26(23)32-29)30(37)33(3)27-16-39-28-13-20(4-6-22(27)28)19-8-10-34(11-9-19)18(2)36/h4-8,12-13,27H,9-11,14-16H2,1-3H3,(H,31,32,35). The minimum atomic E-state index is -0.208. The third kappa shape index (κ3) is 4.52. The number of rotatable bonds is 4. The number of carbonyl (C=O) groups excluding carboxylic acids is 3. The Balaban J connectivity index is 1.24. The van der Waals surface area contributed by atoms with Crippen LogP contribution in [0.15, 0.2) is 42.5 Å². The van der Waals surface area contributed by atoms with Crippen LogP contribution in [-0.2, 0) is 27.5 Å². The van der Waals surface area contributed by atoms with Gasteiger partial charge in [0.15, 0.2) is 0 Å². The normalized spacial score (nSPS) is 17.8. The van der Waals surface area contributed by atoms with Crippen LogP contribution in [0.1, 0.15) is 58.9 Å². The molecule has 9 heteroatoms. The molecule has 6 rings (SSSR count). The molecule has 3 aliphatic rings. The number of amides is 3. The van der Waals surface area contributed by atoms with E-state index in [-0.39, 0.29) is 23.8 Å². The van der Waals surface area contributed by atoms with Crippen LogP contribution in [0.4, 0.5) is 5.82 Å². The molecular weight excluding hydrogens is 496 g/mol. The van der Waals surface area contributed by atoms with Crippen molar-refractivity contribution >= 4 is 40.0 Å². The van der Waals surface area contributed by atoms with Gasteiger partial charge in [-0.1, -0.05) is 18.2 Å². The zero-order chi connectivity index (χ0) is 27.3. The summed E-state index contributed by atoms with van der Waals surface area (Å²) in [4.78, 5) is 45.1. The van der Waals surface area contributed by atoms with E-state index < -0.39 is 0 Å². The van der Waals surface area contributed by atoms with Crippen LogP contribution in [0, 0.1) is 0 Å². The lowest BCUT2D eigenvalue weighted by Gasteiger charge is -2.26. The van der Waals surface area contributed by atoms with Gasteiger partial charge in [0.05, 0.1) is 24.8 Å². The van der Waals surface area contributed by atoms with Gasteiger partial charge in [-0.25, -0.2) is 4.98 Å².